The first-order valence-corrected chi connectivity index (χ1v) is 7.16. The lowest BCUT2D eigenvalue weighted by atomic mass is 10.1. The third kappa shape index (κ3) is 3.48. The fourth-order valence-electron chi connectivity index (χ4n) is 2.47. The molecule has 0 amide bonds. The highest BCUT2D eigenvalue weighted by Crippen LogP contribution is 2.40. The van der Waals surface area contributed by atoms with Crippen molar-refractivity contribution in [1.29, 1.82) is 0 Å². The van der Waals surface area contributed by atoms with Crippen LogP contribution in [0.4, 0.5) is 0 Å². The normalized spacial score (nSPS) is 16.5. The molecule has 0 spiro atoms. The minimum atomic E-state index is 0.427. The quantitative estimate of drug-likeness (QED) is 0.847. The fraction of sp³-hybridized carbons (Fsp3) is 0.412. The minimum absolute atomic E-state index is 0.427. The summed E-state index contributed by atoms with van der Waals surface area (Å²) >= 11 is 0. The maximum absolute atomic E-state index is 5.38. The van der Waals surface area contributed by atoms with E-state index in [1.807, 2.05) is 12.1 Å². The van der Waals surface area contributed by atoms with Crippen molar-refractivity contribution in [3.05, 3.63) is 59.5 Å². The van der Waals surface area contributed by atoms with Gasteiger partial charge in [0.15, 0.2) is 0 Å². The van der Waals surface area contributed by atoms with Crippen molar-refractivity contribution in [1.82, 2.24) is 5.32 Å². The van der Waals surface area contributed by atoms with Crippen molar-refractivity contribution in [2.24, 2.45) is 0 Å². The second-order valence-corrected chi connectivity index (χ2v) is 5.58. The molecule has 1 N–H and O–H groups in total. The molecule has 1 saturated carbocycles. The summed E-state index contributed by atoms with van der Waals surface area (Å²) in [5.41, 5.74) is 2.90. The molecule has 100 valence electrons. The Morgan fingerprint density at radius 1 is 1.26 bits per heavy atom. The molecule has 0 aliphatic heterocycles. The maximum Gasteiger partial charge on any atom is 0.105 e. The Labute approximate surface area is 114 Å². The molecule has 0 radical (unpaired) electrons. The standard InChI is InChI=1S/C17H21NO/c1-13(10-17-6-3-9-19-17)18-12-14-4-2-5-16(11-14)15-7-8-15/h2-6,9,11,13,15,18H,7-8,10,12H2,1H3. The Morgan fingerprint density at radius 2 is 2.16 bits per heavy atom. The molecule has 3 rings (SSSR count). The molecule has 0 bridgehead atoms. The van der Waals surface area contributed by atoms with Gasteiger partial charge in [-0.15, -0.1) is 0 Å². The van der Waals surface area contributed by atoms with Gasteiger partial charge in [-0.2, -0.15) is 0 Å². The van der Waals surface area contributed by atoms with E-state index in [9.17, 15) is 0 Å². The summed E-state index contributed by atoms with van der Waals surface area (Å²) < 4.78 is 5.38. The first-order chi connectivity index (χ1) is 9.31. The number of hydrogen-bond acceptors (Lipinski definition) is 2. The van der Waals surface area contributed by atoms with Crippen LogP contribution in [0.3, 0.4) is 0 Å². The van der Waals surface area contributed by atoms with Crippen LogP contribution in [0.1, 0.15) is 42.6 Å². The predicted octanol–water partition coefficient (Wildman–Crippen LogP) is 3.88. The van der Waals surface area contributed by atoms with Gasteiger partial charge in [-0.25, -0.2) is 0 Å². The fourth-order valence-corrected chi connectivity index (χ4v) is 2.47. The van der Waals surface area contributed by atoms with Crippen LogP contribution >= 0.6 is 0 Å². The average molecular weight is 255 g/mol. The zero-order valence-electron chi connectivity index (χ0n) is 11.4. The van der Waals surface area contributed by atoms with E-state index in [4.69, 9.17) is 4.42 Å². The van der Waals surface area contributed by atoms with Gasteiger partial charge in [-0.3, -0.25) is 0 Å². The monoisotopic (exact) mass is 255 g/mol. The van der Waals surface area contributed by atoms with E-state index in [1.165, 1.54) is 24.0 Å². The van der Waals surface area contributed by atoms with Crippen molar-refractivity contribution in [3.8, 4) is 0 Å². The van der Waals surface area contributed by atoms with Crippen LogP contribution in [0.2, 0.25) is 0 Å². The number of furan rings is 1. The molecule has 19 heavy (non-hydrogen) atoms. The Bertz CT molecular complexity index is 514. The second kappa shape index (κ2) is 5.62. The summed E-state index contributed by atoms with van der Waals surface area (Å²) in [7, 11) is 0. The zero-order chi connectivity index (χ0) is 13.1. The second-order valence-electron chi connectivity index (χ2n) is 5.58. The van der Waals surface area contributed by atoms with Crippen molar-refractivity contribution < 1.29 is 4.42 Å². The number of nitrogens with one attached hydrogen (secondary N) is 1. The van der Waals surface area contributed by atoms with Crippen LogP contribution in [0.25, 0.3) is 0 Å². The summed E-state index contributed by atoms with van der Waals surface area (Å²) in [6.07, 6.45) is 5.41. The maximum atomic E-state index is 5.38. The third-order valence-electron chi connectivity index (χ3n) is 3.74. The number of rotatable bonds is 6. The van der Waals surface area contributed by atoms with Crippen molar-refractivity contribution >= 4 is 0 Å². The van der Waals surface area contributed by atoms with Gasteiger partial charge in [0.1, 0.15) is 5.76 Å². The molecule has 1 fully saturated rings. The summed E-state index contributed by atoms with van der Waals surface area (Å²) in [5, 5.41) is 3.56. The van der Waals surface area contributed by atoms with Crippen molar-refractivity contribution in [2.75, 3.05) is 0 Å². The van der Waals surface area contributed by atoms with Crippen molar-refractivity contribution in [3.63, 3.8) is 0 Å². The average Bonchev–Trinajstić information content (AvgIpc) is 3.16. The summed E-state index contributed by atoms with van der Waals surface area (Å²) in [6, 6.07) is 13.4. The van der Waals surface area contributed by atoms with E-state index in [2.05, 4.69) is 36.5 Å². The van der Waals surface area contributed by atoms with E-state index in [0.717, 1.165) is 24.6 Å². The molecule has 1 aliphatic rings. The van der Waals surface area contributed by atoms with Crippen LogP contribution in [0, 0.1) is 0 Å². The minimum Gasteiger partial charge on any atom is -0.469 e. The molecular formula is C17H21NO. The lowest BCUT2D eigenvalue weighted by Gasteiger charge is -2.13. The smallest absolute Gasteiger partial charge is 0.105 e. The van der Waals surface area contributed by atoms with Gasteiger partial charge >= 0.3 is 0 Å². The summed E-state index contributed by atoms with van der Waals surface area (Å²) in [4.78, 5) is 0. The Morgan fingerprint density at radius 3 is 2.89 bits per heavy atom. The van der Waals surface area contributed by atoms with E-state index >= 15 is 0 Å². The topological polar surface area (TPSA) is 25.2 Å². The highest BCUT2D eigenvalue weighted by atomic mass is 16.3. The molecule has 0 saturated heterocycles. The SMILES string of the molecule is CC(Cc1ccco1)NCc1cccc(C2CC2)c1. The van der Waals surface area contributed by atoms with Gasteiger partial charge in [0.2, 0.25) is 0 Å². The molecule has 2 aromatic rings. The van der Waals surface area contributed by atoms with Crippen LogP contribution in [-0.4, -0.2) is 6.04 Å². The molecule has 2 nitrogen and oxygen atoms in total. The Kier molecular flexibility index (Phi) is 3.69. The van der Waals surface area contributed by atoms with Crippen LogP contribution in [0.15, 0.2) is 47.1 Å². The van der Waals surface area contributed by atoms with Crippen molar-refractivity contribution in [2.45, 2.75) is 44.7 Å². The van der Waals surface area contributed by atoms with Gasteiger partial charge < -0.3 is 9.73 Å². The van der Waals surface area contributed by atoms with Gasteiger partial charge in [-0.1, -0.05) is 24.3 Å². The molecule has 1 aromatic carbocycles. The predicted molar refractivity (Wildman–Crippen MR) is 77.1 cm³/mol. The first-order valence-electron chi connectivity index (χ1n) is 7.16. The molecule has 1 unspecified atom stereocenters. The molecule has 1 aromatic heterocycles. The van der Waals surface area contributed by atoms with E-state index in [1.54, 1.807) is 6.26 Å². The van der Waals surface area contributed by atoms with E-state index in [-0.39, 0.29) is 0 Å². The van der Waals surface area contributed by atoms with Crippen LogP contribution in [0.5, 0.6) is 0 Å². The first kappa shape index (κ1) is 12.5. The summed E-state index contributed by atoms with van der Waals surface area (Å²) in [5.74, 6) is 1.88. The zero-order valence-corrected chi connectivity index (χ0v) is 11.4. The number of hydrogen-bond donors (Lipinski definition) is 1. The van der Waals surface area contributed by atoms with E-state index in [0.29, 0.717) is 6.04 Å². The van der Waals surface area contributed by atoms with Gasteiger partial charge in [0.25, 0.3) is 0 Å². The van der Waals surface area contributed by atoms with Crippen LogP contribution in [-0.2, 0) is 13.0 Å². The molecular weight excluding hydrogens is 234 g/mol. The largest absolute Gasteiger partial charge is 0.469 e. The molecule has 2 heteroatoms. The number of benzene rings is 1. The van der Waals surface area contributed by atoms with Gasteiger partial charge in [0.05, 0.1) is 6.26 Å². The highest BCUT2D eigenvalue weighted by Gasteiger charge is 2.23. The molecule has 1 atom stereocenters. The third-order valence-corrected chi connectivity index (χ3v) is 3.74. The lowest BCUT2D eigenvalue weighted by Crippen LogP contribution is -2.27. The summed E-state index contributed by atoms with van der Waals surface area (Å²) in [6.45, 7) is 3.13. The molecule has 1 heterocycles. The van der Waals surface area contributed by atoms with E-state index < -0.39 is 0 Å². The highest BCUT2D eigenvalue weighted by molar-refractivity contribution is 5.29. The lowest BCUT2D eigenvalue weighted by molar-refractivity contribution is 0.456. The Balaban J connectivity index is 1.52. The molecule has 1 aliphatic carbocycles. The van der Waals surface area contributed by atoms with Gasteiger partial charge in [0, 0.05) is 19.0 Å². The van der Waals surface area contributed by atoms with Crippen LogP contribution < -0.4 is 5.32 Å². The van der Waals surface area contributed by atoms with Gasteiger partial charge in [-0.05, 0) is 48.9 Å². The Hall–Kier alpha value is -1.54.